The van der Waals surface area contributed by atoms with E-state index in [9.17, 15) is 8.78 Å². The number of hydrogen-bond acceptors (Lipinski definition) is 2. The minimum absolute atomic E-state index is 0.0169. The third-order valence-electron chi connectivity index (χ3n) is 3.45. The van der Waals surface area contributed by atoms with Gasteiger partial charge < -0.3 is 5.32 Å². The van der Waals surface area contributed by atoms with Gasteiger partial charge in [-0.1, -0.05) is 27.7 Å². The van der Waals surface area contributed by atoms with E-state index in [2.05, 4.69) is 5.32 Å². The molecule has 0 bridgehead atoms. The van der Waals surface area contributed by atoms with Crippen LogP contribution in [-0.2, 0) is 0 Å². The Morgan fingerprint density at radius 2 is 1.68 bits per heavy atom. The van der Waals surface area contributed by atoms with Gasteiger partial charge in [0.2, 0.25) is 0 Å². The fourth-order valence-corrected chi connectivity index (χ4v) is 2.63. The molecule has 2 fully saturated rings. The van der Waals surface area contributed by atoms with Crippen molar-refractivity contribution in [2.45, 2.75) is 59.3 Å². The molecule has 0 radical (unpaired) electrons. The van der Waals surface area contributed by atoms with E-state index in [1.807, 2.05) is 32.6 Å². The summed E-state index contributed by atoms with van der Waals surface area (Å²) in [6, 6.07) is 0. The van der Waals surface area contributed by atoms with Gasteiger partial charge in [0, 0.05) is 13.0 Å². The van der Waals surface area contributed by atoms with Crippen LogP contribution < -0.4 is 5.32 Å². The summed E-state index contributed by atoms with van der Waals surface area (Å²) >= 11 is 0. The first-order valence-corrected chi connectivity index (χ1v) is 7.97. The molecule has 4 heteroatoms. The van der Waals surface area contributed by atoms with Gasteiger partial charge in [-0.15, -0.1) is 0 Å². The Bertz CT molecular complexity index is 204. The van der Waals surface area contributed by atoms with Crippen molar-refractivity contribution in [2.24, 2.45) is 5.92 Å². The van der Waals surface area contributed by atoms with Crippen LogP contribution in [0.15, 0.2) is 0 Å². The fraction of sp³-hybridized carbons (Fsp3) is 1.00. The molecule has 116 valence electrons. The fourth-order valence-electron chi connectivity index (χ4n) is 2.63. The summed E-state index contributed by atoms with van der Waals surface area (Å²) < 4.78 is 26.3. The second kappa shape index (κ2) is 10.6. The van der Waals surface area contributed by atoms with E-state index in [0.29, 0.717) is 12.3 Å². The highest BCUT2D eigenvalue weighted by atomic mass is 19.3. The third-order valence-corrected chi connectivity index (χ3v) is 3.45. The zero-order chi connectivity index (χ0) is 14.7. The maximum atomic E-state index is 13.2. The van der Waals surface area contributed by atoms with Crippen LogP contribution >= 0.6 is 0 Å². The molecule has 0 amide bonds. The quantitative estimate of drug-likeness (QED) is 0.827. The summed E-state index contributed by atoms with van der Waals surface area (Å²) in [4.78, 5) is 1.96. The molecular formula is C15H32F2N2. The normalized spacial score (nSPS) is 23.7. The van der Waals surface area contributed by atoms with Gasteiger partial charge in [0.15, 0.2) is 0 Å². The summed E-state index contributed by atoms with van der Waals surface area (Å²) in [5, 5.41) is 3.30. The molecule has 1 N–H and O–H groups in total. The standard InChI is InChI=1S/C11H20F2N2.2C2H6/c12-11(13)4-1-7-15(9-11)8-10-2-5-14-6-3-10;2*1-2/h10,14H,1-9H2;2*1-2H3. The van der Waals surface area contributed by atoms with Gasteiger partial charge in [0.05, 0.1) is 6.54 Å². The maximum Gasteiger partial charge on any atom is 0.260 e. The Labute approximate surface area is 117 Å². The first kappa shape index (κ1) is 18.8. The second-order valence-electron chi connectivity index (χ2n) is 4.89. The molecule has 2 rings (SSSR count). The van der Waals surface area contributed by atoms with E-state index >= 15 is 0 Å². The molecule has 2 heterocycles. The Hall–Kier alpha value is -0.220. The van der Waals surface area contributed by atoms with E-state index in [1.54, 1.807) is 0 Å². The Kier molecular flexibility index (Phi) is 10.4. The SMILES string of the molecule is CC.CC.FC1(F)CCCN(CC2CCNCC2)C1. The molecule has 0 spiro atoms. The summed E-state index contributed by atoms with van der Waals surface area (Å²) in [5.41, 5.74) is 0. The van der Waals surface area contributed by atoms with E-state index in [-0.39, 0.29) is 13.0 Å². The highest BCUT2D eigenvalue weighted by molar-refractivity contribution is 4.81. The van der Waals surface area contributed by atoms with Crippen molar-refractivity contribution in [1.29, 1.82) is 0 Å². The van der Waals surface area contributed by atoms with Crippen molar-refractivity contribution in [2.75, 3.05) is 32.7 Å². The number of halogens is 2. The summed E-state index contributed by atoms with van der Waals surface area (Å²) in [7, 11) is 0. The van der Waals surface area contributed by atoms with E-state index in [1.165, 1.54) is 0 Å². The van der Waals surface area contributed by atoms with E-state index < -0.39 is 5.92 Å². The average Bonchev–Trinajstić information content (AvgIpc) is 2.43. The molecule has 0 aromatic carbocycles. The average molecular weight is 278 g/mol. The Morgan fingerprint density at radius 1 is 1.11 bits per heavy atom. The smallest absolute Gasteiger partial charge is 0.260 e. The van der Waals surface area contributed by atoms with Crippen LogP contribution in [-0.4, -0.2) is 43.5 Å². The van der Waals surface area contributed by atoms with Gasteiger partial charge in [0.25, 0.3) is 5.92 Å². The molecule has 0 aliphatic carbocycles. The summed E-state index contributed by atoms with van der Waals surface area (Å²) in [6.07, 6.45) is 3.01. The lowest BCUT2D eigenvalue weighted by atomic mass is 9.96. The predicted octanol–water partition coefficient (Wildman–Crippen LogP) is 3.77. The molecule has 0 aromatic heterocycles. The van der Waals surface area contributed by atoms with Crippen molar-refractivity contribution in [1.82, 2.24) is 10.2 Å². The lowest BCUT2D eigenvalue weighted by Crippen LogP contribution is -2.45. The van der Waals surface area contributed by atoms with Crippen LogP contribution in [0, 0.1) is 5.92 Å². The summed E-state index contributed by atoms with van der Waals surface area (Å²) in [5.74, 6) is -1.81. The number of rotatable bonds is 2. The first-order chi connectivity index (χ1) is 9.16. The van der Waals surface area contributed by atoms with Crippen molar-refractivity contribution >= 4 is 0 Å². The molecule has 2 nitrogen and oxygen atoms in total. The lowest BCUT2D eigenvalue weighted by molar-refractivity contribution is -0.0677. The zero-order valence-corrected chi connectivity index (χ0v) is 13.1. The number of alkyl halides is 2. The molecule has 0 atom stereocenters. The van der Waals surface area contributed by atoms with Gasteiger partial charge in [-0.3, -0.25) is 4.90 Å². The van der Waals surface area contributed by atoms with E-state index in [4.69, 9.17) is 0 Å². The van der Waals surface area contributed by atoms with Crippen molar-refractivity contribution in [3.63, 3.8) is 0 Å². The molecule has 2 aliphatic heterocycles. The van der Waals surface area contributed by atoms with Crippen LogP contribution in [0.3, 0.4) is 0 Å². The predicted molar refractivity (Wildman–Crippen MR) is 78.9 cm³/mol. The zero-order valence-electron chi connectivity index (χ0n) is 13.1. The minimum Gasteiger partial charge on any atom is -0.317 e. The first-order valence-electron chi connectivity index (χ1n) is 7.97. The highest BCUT2D eigenvalue weighted by Gasteiger charge is 2.35. The van der Waals surface area contributed by atoms with E-state index in [0.717, 1.165) is 39.0 Å². The molecule has 0 unspecified atom stereocenters. The van der Waals surface area contributed by atoms with Crippen molar-refractivity contribution < 1.29 is 8.78 Å². The van der Waals surface area contributed by atoms with Crippen LogP contribution in [0.1, 0.15) is 53.4 Å². The molecule has 2 aliphatic rings. The molecular weight excluding hydrogens is 246 g/mol. The number of nitrogens with zero attached hydrogens (tertiary/aromatic N) is 1. The third kappa shape index (κ3) is 7.83. The maximum absolute atomic E-state index is 13.2. The molecule has 19 heavy (non-hydrogen) atoms. The molecule has 0 aromatic rings. The van der Waals surface area contributed by atoms with Gasteiger partial charge in [-0.25, -0.2) is 8.78 Å². The van der Waals surface area contributed by atoms with Crippen LogP contribution in [0.4, 0.5) is 8.78 Å². The number of likely N-dealkylation sites (tertiary alicyclic amines) is 1. The minimum atomic E-state index is -2.44. The van der Waals surface area contributed by atoms with Gasteiger partial charge in [-0.2, -0.15) is 0 Å². The topological polar surface area (TPSA) is 15.3 Å². The Morgan fingerprint density at radius 3 is 2.21 bits per heavy atom. The van der Waals surface area contributed by atoms with Crippen LogP contribution in [0.25, 0.3) is 0 Å². The van der Waals surface area contributed by atoms with Gasteiger partial charge >= 0.3 is 0 Å². The Balaban J connectivity index is 0.000000741. The van der Waals surface area contributed by atoms with Gasteiger partial charge in [0.1, 0.15) is 0 Å². The van der Waals surface area contributed by atoms with Crippen molar-refractivity contribution in [3.05, 3.63) is 0 Å². The second-order valence-corrected chi connectivity index (χ2v) is 4.89. The largest absolute Gasteiger partial charge is 0.317 e. The lowest BCUT2D eigenvalue weighted by Gasteiger charge is -2.35. The van der Waals surface area contributed by atoms with Crippen LogP contribution in [0.5, 0.6) is 0 Å². The number of nitrogens with one attached hydrogen (secondary N) is 1. The summed E-state index contributed by atoms with van der Waals surface area (Å²) in [6.45, 7) is 11.8. The number of hydrogen-bond donors (Lipinski definition) is 1. The number of piperidine rings is 2. The molecule has 0 saturated carbocycles. The van der Waals surface area contributed by atoms with Gasteiger partial charge in [-0.05, 0) is 44.8 Å². The van der Waals surface area contributed by atoms with Crippen LogP contribution in [0.2, 0.25) is 0 Å². The monoisotopic (exact) mass is 278 g/mol. The van der Waals surface area contributed by atoms with Crippen molar-refractivity contribution in [3.8, 4) is 0 Å². The molecule has 2 saturated heterocycles. The highest BCUT2D eigenvalue weighted by Crippen LogP contribution is 2.27.